The third-order valence-electron chi connectivity index (χ3n) is 3.98. The molecule has 126 valence electrons. The number of amides is 1. The number of carbonyl (C=O) groups is 1. The van der Waals surface area contributed by atoms with E-state index in [0.717, 1.165) is 31.7 Å². The quantitative estimate of drug-likeness (QED) is 0.875. The summed E-state index contributed by atoms with van der Waals surface area (Å²) in [6, 6.07) is 4.89. The molecule has 1 amide bonds. The lowest BCUT2D eigenvalue weighted by molar-refractivity contribution is 0.102. The number of hydrogen-bond acceptors (Lipinski definition) is 4. The molecule has 0 atom stereocenters. The van der Waals surface area contributed by atoms with Crippen molar-refractivity contribution in [3.8, 4) is 0 Å². The average Bonchev–Trinajstić information content (AvgIpc) is 2.87. The molecule has 3 rings (SSSR count). The number of nitrogens with one attached hydrogen (secondary N) is 1. The van der Waals surface area contributed by atoms with Crippen molar-refractivity contribution in [2.24, 2.45) is 0 Å². The second kappa shape index (κ2) is 7.81. The smallest absolute Gasteiger partial charge is 0.275 e. The Balaban J connectivity index is 1.70. The van der Waals surface area contributed by atoms with Crippen molar-refractivity contribution >= 4 is 40.6 Å². The van der Waals surface area contributed by atoms with Crippen molar-refractivity contribution in [3.63, 3.8) is 0 Å². The number of benzene rings is 1. The summed E-state index contributed by atoms with van der Waals surface area (Å²) in [6.07, 6.45) is 7.98. The van der Waals surface area contributed by atoms with E-state index in [1.54, 1.807) is 24.4 Å². The van der Waals surface area contributed by atoms with E-state index in [1.165, 1.54) is 19.0 Å². The molecule has 0 unspecified atom stereocenters. The summed E-state index contributed by atoms with van der Waals surface area (Å²) in [5.41, 5.74) is 0.692. The minimum Gasteiger partial charge on any atom is -0.355 e. The number of aromatic nitrogens is 2. The van der Waals surface area contributed by atoms with Gasteiger partial charge in [0.15, 0.2) is 0 Å². The zero-order valence-corrected chi connectivity index (χ0v) is 14.6. The van der Waals surface area contributed by atoms with Crippen LogP contribution in [0.25, 0.3) is 0 Å². The minimum atomic E-state index is -0.367. The minimum absolute atomic E-state index is 0.240. The SMILES string of the molecule is O=C(Nc1cc(Cl)ccc1Cl)c1cnc(N2CCCCCC2)cn1. The highest BCUT2D eigenvalue weighted by Gasteiger charge is 2.14. The van der Waals surface area contributed by atoms with Gasteiger partial charge in [-0.2, -0.15) is 0 Å². The second-order valence-corrected chi connectivity index (χ2v) is 6.58. The van der Waals surface area contributed by atoms with E-state index in [2.05, 4.69) is 20.2 Å². The van der Waals surface area contributed by atoms with E-state index >= 15 is 0 Å². The second-order valence-electron chi connectivity index (χ2n) is 5.74. The predicted molar refractivity (Wildman–Crippen MR) is 97.1 cm³/mol. The summed E-state index contributed by atoms with van der Waals surface area (Å²) < 4.78 is 0. The first kappa shape index (κ1) is 17.0. The third-order valence-corrected chi connectivity index (χ3v) is 4.54. The van der Waals surface area contributed by atoms with E-state index in [4.69, 9.17) is 23.2 Å². The third kappa shape index (κ3) is 4.16. The Labute approximate surface area is 151 Å². The van der Waals surface area contributed by atoms with Crippen LogP contribution in [0.2, 0.25) is 10.0 Å². The first-order chi connectivity index (χ1) is 11.6. The maximum Gasteiger partial charge on any atom is 0.275 e. The van der Waals surface area contributed by atoms with Gasteiger partial charge in [-0.1, -0.05) is 36.0 Å². The molecule has 0 spiro atoms. The summed E-state index contributed by atoms with van der Waals surface area (Å²) >= 11 is 12.0. The fraction of sp³-hybridized carbons (Fsp3) is 0.353. The van der Waals surface area contributed by atoms with Crippen LogP contribution in [0.15, 0.2) is 30.6 Å². The number of carbonyl (C=O) groups excluding carboxylic acids is 1. The zero-order valence-electron chi connectivity index (χ0n) is 13.1. The summed E-state index contributed by atoms with van der Waals surface area (Å²) in [6.45, 7) is 1.97. The van der Waals surface area contributed by atoms with Crippen molar-refractivity contribution < 1.29 is 4.79 Å². The highest BCUT2D eigenvalue weighted by Crippen LogP contribution is 2.25. The molecule has 24 heavy (non-hydrogen) atoms. The molecule has 0 radical (unpaired) electrons. The molecular weight excluding hydrogens is 347 g/mol. The van der Waals surface area contributed by atoms with Crippen LogP contribution in [-0.4, -0.2) is 29.0 Å². The topological polar surface area (TPSA) is 58.1 Å². The van der Waals surface area contributed by atoms with Gasteiger partial charge in [0.25, 0.3) is 5.91 Å². The summed E-state index contributed by atoms with van der Waals surface area (Å²) in [7, 11) is 0. The van der Waals surface area contributed by atoms with Gasteiger partial charge in [0.1, 0.15) is 11.5 Å². The number of rotatable bonds is 3. The van der Waals surface area contributed by atoms with Gasteiger partial charge in [-0.05, 0) is 31.0 Å². The Morgan fingerprint density at radius 3 is 2.46 bits per heavy atom. The molecule has 7 heteroatoms. The first-order valence-electron chi connectivity index (χ1n) is 7.97. The van der Waals surface area contributed by atoms with Crippen LogP contribution >= 0.6 is 23.2 Å². The predicted octanol–water partition coefficient (Wildman–Crippen LogP) is 4.42. The molecule has 5 nitrogen and oxygen atoms in total. The molecule has 1 aromatic carbocycles. The molecule has 1 N–H and O–H groups in total. The molecule has 1 aliphatic rings. The van der Waals surface area contributed by atoms with Gasteiger partial charge in [0.2, 0.25) is 0 Å². The monoisotopic (exact) mass is 364 g/mol. The lowest BCUT2D eigenvalue weighted by Gasteiger charge is -2.20. The Morgan fingerprint density at radius 1 is 1.04 bits per heavy atom. The van der Waals surface area contributed by atoms with Gasteiger partial charge in [0.05, 0.1) is 23.1 Å². The lowest BCUT2D eigenvalue weighted by Crippen LogP contribution is -2.25. The molecule has 2 heterocycles. The molecular formula is C17H18Cl2N4O. The normalized spacial score (nSPS) is 15.0. The molecule has 1 fully saturated rings. The van der Waals surface area contributed by atoms with Crippen LogP contribution in [0.5, 0.6) is 0 Å². The fourth-order valence-electron chi connectivity index (χ4n) is 2.68. The van der Waals surface area contributed by atoms with Crippen molar-refractivity contribution in [1.29, 1.82) is 0 Å². The number of halogens is 2. The highest BCUT2D eigenvalue weighted by molar-refractivity contribution is 6.35. The van der Waals surface area contributed by atoms with Crippen molar-refractivity contribution in [1.82, 2.24) is 9.97 Å². The number of anilines is 2. The molecule has 0 saturated carbocycles. The highest BCUT2D eigenvalue weighted by atomic mass is 35.5. The molecule has 1 aromatic heterocycles. The van der Waals surface area contributed by atoms with Gasteiger partial charge >= 0.3 is 0 Å². The lowest BCUT2D eigenvalue weighted by atomic mass is 10.2. The molecule has 1 saturated heterocycles. The van der Waals surface area contributed by atoms with Gasteiger partial charge < -0.3 is 10.2 Å². The zero-order chi connectivity index (χ0) is 16.9. The van der Waals surface area contributed by atoms with E-state index in [0.29, 0.717) is 15.7 Å². The van der Waals surface area contributed by atoms with Crippen molar-refractivity contribution in [2.75, 3.05) is 23.3 Å². The Kier molecular flexibility index (Phi) is 5.53. The van der Waals surface area contributed by atoms with Gasteiger partial charge in [-0.3, -0.25) is 4.79 Å². The van der Waals surface area contributed by atoms with E-state index in [1.807, 2.05) is 0 Å². The van der Waals surface area contributed by atoms with Crippen LogP contribution in [0.4, 0.5) is 11.5 Å². The van der Waals surface area contributed by atoms with Gasteiger partial charge in [-0.25, -0.2) is 9.97 Å². The molecule has 0 aliphatic carbocycles. The first-order valence-corrected chi connectivity index (χ1v) is 8.72. The average molecular weight is 365 g/mol. The Hall–Kier alpha value is -1.85. The summed E-state index contributed by atoms with van der Waals surface area (Å²) in [4.78, 5) is 23.1. The Bertz CT molecular complexity index is 713. The molecule has 2 aromatic rings. The van der Waals surface area contributed by atoms with Crippen LogP contribution in [-0.2, 0) is 0 Å². The van der Waals surface area contributed by atoms with Crippen LogP contribution < -0.4 is 10.2 Å². The molecule has 1 aliphatic heterocycles. The largest absolute Gasteiger partial charge is 0.355 e. The van der Waals surface area contributed by atoms with Crippen LogP contribution in [0.3, 0.4) is 0 Å². The van der Waals surface area contributed by atoms with Crippen molar-refractivity contribution in [3.05, 3.63) is 46.3 Å². The Morgan fingerprint density at radius 2 is 1.79 bits per heavy atom. The number of hydrogen-bond donors (Lipinski definition) is 1. The summed E-state index contributed by atoms with van der Waals surface area (Å²) in [5, 5.41) is 3.62. The molecule has 0 bridgehead atoms. The number of nitrogens with zero attached hydrogens (tertiary/aromatic N) is 3. The fourth-order valence-corrected chi connectivity index (χ4v) is 3.02. The maximum atomic E-state index is 12.3. The van der Waals surface area contributed by atoms with Crippen LogP contribution in [0.1, 0.15) is 36.2 Å². The van der Waals surface area contributed by atoms with E-state index in [-0.39, 0.29) is 11.6 Å². The van der Waals surface area contributed by atoms with E-state index in [9.17, 15) is 4.79 Å². The van der Waals surface area contributed by atoms with E-state index < -0.39 is 0 Å². The standard InChI is InChI=1S/C17H18Cl2N4O/c18-12-5-6-13(19)14(9-12)22-17(24)15-10-21-16(11-20-15)23-7-3-1-2-4-8-23/h5-6,9-11H,1-4,7-8H2,(H,22,24). The van der Waals surface area contributed by atoms with Gasteiger partial charge in [-0.15, -0.1) is 0 Å². The van der Waals surface area contributed by atoms with Gasteiger partial charge in [0, 0.05) is 18.1 Å². The maximum absolute atomic E-state index is 12.3. The van der Waals surface area contributed by atoms with Crippen LogP contribution in [0, 0.1) is 0 Å². The summed E-state index contributed by atoms with van der Waals surface area (Å²) in [5.74, 6) is 0.448. The van der Waals surface area contributed by atoms with Crippen molar-refractivity contribution in [2.45, 2.75) is 25.7 Å².